The van der Waals surface area contributed by atoms with Gasteiger partial charge in [-0.2, -0.15) is 0 Å². The van der Waals surface area contributed by atoms with Crippen LogP contribution in [0, 0.1) is 5.82 Å². The molecule has 2 rings (SSSR count). The highest BCUT2D eigenvalue weighted by Gasteiger charge is 2.23. The minimum absolute atomic E-state index is 0.00535. The van der Waals surface area contributed by atoms with Crippen LogP contribution >= 0.6 is 0 Å². The van der Waals surface area contributed by atoms with E-state index in [1.807, 2.05) is 45.0 Å². The zero-order chi connectivity index (χ0) is 17.3. The third-order valence-electron chi connectivity index (χ3n) is 3.93. The Labute approximate surface area is 139 Å². The fourth-order valence-corrected chi connectivity index (χ4v) is 2.90. The summed E-state index contributed by atoms with van der Waals surface area (Å²) < 4.78 is 20.4. The molecule has 0 amide bonds. The van der Waals surface area contributed by atoms with Crippen molar-refractivity contribution in [3.8, 4) is 5.75 Å². The number of halogens is 1. The van der Waals surface area contributed by atoms with E-state index < -0.39 is 0 Å². The van der Waals surface area contributed by atoms with Gasteiger partial charge < -0.3 is 4.74 Å². The summed E-state index contributed by atoms with van der Waals surface area (Å²) in [5.41, 5.74) is 2.54. The molecule has 0 radical (unpaired) electrons. The second kappa shape index (κ2) is 6.35. The molecule has 0 unspecified atom stereocenters. The highest BCUT2D eigenvalue weighted by molar-refractivity contribution is 5.39. The number of hydrogen-bond donors (Lipinski definition) is 0. The molecule has 0 atom stereocenters. The molecule has 2 heteroatoms. The van der Waals surface area contributed by atoms with Crippen molar-refractivity contribution in [1.82, 2.24) is 0 Å². The number of rotatable bonds is 3. The van der Waals surface area contributed by atoms with Gasteiger partial charge in [0, 0.05) is 0 Å². The fraction of sp³-hybridized carbons (Fsp3) is 0.429. The van der Waals surface area contributed by atoms with Gasteiger partial charge >= 0.3 is 0 Å². The van der Waals surface area contributed by atoms with Crippen molar-refractivity contribution in [2.45, 2.75) is 59.0 Å². The lowest BCUT2D eigenvalue weighted by atomic mass is 9.83. The summed E-state index contributed by atoms with van der Waals surface area (Å²) in [7, 11) is 0. The van der Waals surface area contributed by atoms with Gasteiger partial charge in [-0.05, 0) is 39.7 Å². The van der Waals surface area contributed by atoms with Crippen LogP contribution in [0.15, 0.2) is 42.5 Å². The Balaban J connectivity index is 2.32. The van der Waals surface area contributed by atoms with E-state index in [0.29, 0.717) is 6.61 Å². The third-order valence-corrected chi connectivity index (χ3v) is 3.93. The minimum Gasteiger partial charge on any atom is -0.489 e. The SMILES string of the molecule is CC(C)(C)c1ccccc1OCc1cccc(F)c1C(C)(C)C. The lowest BCUT2D eigenvalue weighted by molar-refractivity contribution is 0.293. The highest BCUT2D eigenvalue weighted by Crippen LogP contribution is 2.33. The van der Waals surface area contributed by atoms with Gasteiger partial charge in [-0.25, -0.2) is 4.39 Å². The summed E-state index contributed by atoms with van der Waals surface area (Å²) in [6.07, 6.45) is 0. The zero-order valence-corrected chi connectivity index (χ0v) is 15.0. The maximum atomic E-state index is 14.3. The first-order chi connectivity index (χ1) is 10.6. The number of hydrogen-bond acceptors (Lipinski definition) is 1. The Morgan fingerprint density at radius 1 is 0.826 bits per heavy atom. The molecule has 0 saturated heterocycles. The van der Waals surface area contributed by atoms with Gasteiger partial charge in [-0.15, -0.1) is 0 Å². The number of ether oxygens (including phenoxy) is 1. The molecule has 0 fully saturated rings. The molecule has 23 heavy (non-hydrogen) atoms. The molecule has 0 saturated carbocycles. The lowest BCUT2D eigenvalue weighted by Gasteiger charge is -2.25. The van der Waals surface area contributed by atoms with Crippen LogP contribution in [0.25, 0.3) is 0 Å². The monoisotopic (exact) mass is 314 g/mol. The van der Waals surface area contributed by atoms with Crippen LogP contribution in [0.1, 0.15) is 58.2 Å². The van der Waals surface area contributed by atoms with E-state index in [9.17, 15) is 4.39 Å². The van der Waals surface area contributed by atoms with E-state index in [2.05, 4.69) is 26.8 Å². The predicted octanol–water partition coefficient (Wildman–Crippen LogP) is 6.00. The average molecular weight is 314 g/mol. The first-order valence-electron chi connectivity index (χ1n) is 8.11. The van der Waals surface area contributed by atoms with Crippen LogP contribution in [0.4, 0.5) is 4.39 Å². The summed E-state index contributed by atoms with van der Waals surface area (Å²) in [4.78, 5) is 0. The summed E-state index contributed by atoms with van der Waals surface area (Å²) in [5.74, 6) is 0.701. The van der Waals surface area contributed by atoms with E-state index in [4.69, 9.17) is 4.74 Å². The van der Waals surface area contributed by atoms with Crippen molar-refractivity contribution in [3.63, 3.8) is 0 Å². The second-order valence-corrected chi connectivity index (χ2v) is 8.06. The second-order valence-electron chi connectivity index (χ2n) is 8.06. The normalized spacial score (nSPS) is 12.3. The van der Waals surface area contributed by atoms with Crippen molar-refractivity contribution < 1.29 is 9.13 Å². The molecule has 0 aromatic heterocycles. The van der Waals surface area contributed by atoms with Crippen LogP contribution in [-0.2, 0) is 17.4 Å². The fourth-order valence-electron chi connectivity index (χ4n) is 2.90. The summed E-state index contributed by atoms with van der Waals surface area (Å²) in [5, 5.41) is 0. The molecule has 1 nitrogen and oxygen atoms in total. The largest absolute Gasteiger partial charge is 0.489 e. The maximum absolute atomic E-state index is 14.3. The standard InChI is InChI=1S/C21H27FO/c1-20(2,3)16-11-7-8-13-18(16)23-14-15-10-9-12-17(22)19(15)21(4,5)6/h7-13H,14H2,1-6H3. The summed E-state index contributed by atoms with van der Waals surface area (Å²) in [6.45, 7) is 12.9. The molecule has 0 heterocycles. The molecule has 0 aliphatic carbocycles. The predicted molar refractivity (Wildman–Crippen MR) is 94.6 cm³/mol. The van der Waals surface area contributed by atoms with E-state index >= 15 is 0 Å². The van der Waals surface area contributed by atoms with Crippen LogP contribution in [-0.4, -0.2) is 0 Å². The smallest absolute Gasteiger partial charge is 0.127 e. The highest BCUT2D eigenvalue weighted by atomic mass is 19.1. The Kier molecular flexibility index (Phi) is 4.84. The van der Waals surface area contributed by atoms with Gasteiger partial charge in [0.05, 0.1) is 0 Å². The van der Waals surface area contributed by atoms with E-state index in [1.165, 1.54) is 6.07 Å². The first-order valence-corrected chi connectivity index (χ1v) is 8.11. The van der Waals surface area contributed by atoms with Crippen LogP contribution in [0.3, 0.4) is 0 Å². The quantitative estimate of drug-likeness (QED) is 0.675. The lowest BCUT2D eigenvalue weighted by Crippen LogP contribution is -2.18. The molecular weight excluding hydrogens is 287 g/mol. The van der Waals surface area contributed by atoms with Crippen molar-refractivity contribution >= 4 is 0 Å². The molecule has 2 aromatic rings. The van der Waals surface area contributed by atoms with Gasteiger partial charge in [-0.3, -0.25) is 0 Å². The third kappa shape index (κ3) is 4.13. The summed E-state index contributed by atoms with van der Waals surface area (Å²) in [6, 6.07) is 13.3. The molecule has 0 spiro atoms. The number of para-hydroxylation sites is 1. The Morgan fingerprint density at radius 3 is 2.09 bits per heavy atom. The Morgan fingerprint density at radius 2 is 1.48 bits per heavy atom. The molecule has 0 N–H and O–H groups in total. The van der Waals surface area contributed by atoms with E-state index in [1.54, 1.807) is 6.07 Å². The maximum Gasteiger partial charge on any atom is 0.127 e. The van der Waals surface area contributed by atoms with Crippen molar-refractivity contribution in [3.05, 3.63) is 65.0 Å². The van der Waals surface area contributed by atoms with Crippen LogP contribution < -0.4 is 4.74 Å². The molecule has 124 valence electrons. The van der Waals surface area contributed by atoms with Gasteiger partial charge in [0.1, 0.15) is 18.2 Å². The van der Waals surface area contributed by atoms with Gasteiger partial charge in [0.2, 0.25) is 0 Å². The van der Waals surface area contributed by atoms with Crippen molar-refractivity contribution in [2.24, 2.45) is 0 Å². The van der Waals surface area contributed by atoms with Crippen LogP contribution in [0.5, 0.6) is 5.75 Å². The molecule has 0 aliphatic heterocycles. The average Bonchev–Trinajstić information content (AvgIpc) is 2.43. The van der Waals surface area contributed by atoms with E-state index in [0.717, 1.165) is 22.4 Å². The van der Waals surface area contributed by atoms with Gasteiger partial charge in [0.25, 0.3) is 0 Å². The Bertz CT molecular complexity index is 675. The molecule has 2 aromatic carbocycles. The van der Waals surface area contributed by atoms with E-state index in [-0.39, 0.29) is 16.6 Å². The summed E-state index contributed by atoms with van der Waals surface area (Å²) >= 11 is 0. The van der Waals surface area contributed by atoms with Crippen LogP contribution in [0.2, 0.25) is 0 Å². The minimum atomic E-state index is -0.256. The van der Waals surface area contributed by atoms with Gasteiger partial charge in [-0.1, -0.05) is 71.9 Å². The topological polar surface area (TPSA) is 9.23 Å². The van der Waals surface area contributed by atoms with Gasteiger partial charge in [0.15, 0.2) is 0 Å². The molecule has 0 aliphatic rings. The molecular formula is C21H27FO. The Hall–Kier alpha value is -1.83. The first kappa shape index (κ1) is 17.5. The number of benzene rings is 2. The van der Waals surface area contributed by atoms with Crippen molar-refractivity contribution in [2.75, 3.05) is 0 Å². The molecule has 0 bridgehead atoms. The zero-order valence-electron chi connectivity index (χ0n) is 15.0. The van der Waals surface area contributed by atoms with Crippen molar-refractivity contribution in [1.29, 1.82) is 0 Å².